The van der Waals surface area contributed by atoms with Crippen LogP contribution in [0.5, 0.6) is 0 Å². The number of nitrogens with zero attached hydrogens (tertiary/aromatic N) is 1. The number of carbonyl (C=O) groups excluding carboxylic acids is 1. The summed E-state index contributed by atoms with van der Waals surface area (Å²) in [4.78, 5) is 17.4. The molecule has 2 aromatic heterocycles. The first-order valence-corrected chi connectivity index (χ1v) is 9.29. The molecule has 0 aliphatic carbocycles. The van der Waals surface area contributed by atoms with Crippen molar-refractivity contribution in [2.45, 2.75) is 6.42 Å². The minimum atomic E-state index is -0.700. The van der Waals surface area contributed by atoms with Crippen LogP contribution < -0.4 is 5.32 Å². The van der Waals surface area contributed by atoms with Gasteiger partial charge in [-0.3, -0.25) is 4.79 Å². The van der Waals surface area contributed by atoms with Gasteiger partial charge in [-0.2, -0.15) is 0 Å². The number of hydrogen-bond acceptors (Lipinski definition) is 4. The van der Waals surface area contributed by atoms with Gasteiger partial charge in [0.1, 0.15) is 16.6 Å². The van der Waals surface area contributed by atoms with Crippen molar-refractivity contribution in [1.29, 1.82) is 0 Å². The lowest BCUT2D eigenvalue weighted by Gasteiger charge is -2.06. The zero-order chi connectivity index (χ0) is 16.4. The van der Waals surface area contributed by atoms with E-state index < -0.39 is 11.6 Å². The molecule has 0 unspecified atom stereocenters. The molecule has 8 heteroatoms. The fourth-order valence-electron chi connectivity index (χ4n) is 1.90. The van der Waals surface area contributed by atoms with Gasteiger partial charge in [0.2, 0.25) is 5.91 Å². The maximum atomic E-state index is 13.5. The molecule has 0 saturated heterocycles. The summed E-state index contributed by atoms with van der Waals surface area (Å²) >= 11 is 4.61. The highest BCUT2D eigenvalue weighted by atomic mass is 127. The Morgan fingerprint density at radius 3 is 2.65 bits per heavy atom. The first kappa shape index (κ1) is 16.5. The Hall–Kier alpha value is -1.39. The zero-order valence-corrected chi connectivity index (χ0v) is 15.3. The number of carbonyl (C=O) groups is 1. The van der Waals surface area contributed by atoms with Crippen molar-refractivity contribution >= 4 is 56.9 Å². The van der Waals surface area contributed by atoms with Gasteiger partial charge in [0, 0.05) is 11.1 Å². The lowest BCUT2D eigenvalue weighted by atomic mass is 10.2. The molecule has 118 valence electrons. The van der Waals surface area contributed by atoms with E-state index in [1.807, 2.05) is 22.9 Å². The van der Waals surface area contributed by atoms with Crippen LogP contribution in [0.2, 0.25) is 0 Å². The predicted molar refractivity (Wildman–Crippen MR) is 96.8 cm³/mol. The molecule has 0 radical (unpaired) electrons. The molecule has 3 rings (SSSR count). The summed E-state index contributed by atoms with van der Waals surface area (Å²) in [5.74, 6) is -1.77. The Morgan fingerprint density at radius 1 is 1.26 bits per heavy atom. The Morgan fingerprint density at radius 2 is 2.00 bits per heavy atom. The number of anilines is 1. The number of rotatable bonds is 4. The van der Waals surface area contributed by atoms with E-state index in [-0.39, 0.29) is 21.6 Å². The van der Waals surface area contributed by atoms with E-state index in [1.165, 1.54) is 11.3 Å². The van der Waals surface area contributed by atoms with Gasteiger partial charge in [-0.1, -0.05) is 6.07 Å². The smallest absolute Gasteiger partial charge is 0.230 e. The van der Waals surface area contributed by atoms with Crippen molar-refractivity contribution in [3.63, 3.8) is 0 Å². The minimum Gasteiger partial charge on any atom is -0.326 e. The van der Waals surface area contributed by atoms with Gasteiger partial charge in [0.25, 0.3) is 0 Å². The molecule has 3 nitrogen and oxygen atoms in total. The highest BCUT2D eigenvalue weighted by Crippen LogP contribution is 2.28. The molecule has 23 heavy (non-hydrogen) atoms. The van der Waals surface area contributed by atoms with Crippen molar-refractivity contribution in [2.24, 2.45) is 0 Å². The summed E-state index contributed by atoms with van der Waals surface area (Å²) < 4.78 is 26.8. The van der Waals surface area contributed by atoms with E-state index in [0.717, 1.165) is 22.0 Å². The van der Waals surface area contributed by atoms with E-state index in [0.29, 0.717) is 5.69 Å². The number of nitrogens with one attached hydrogen (secondary N) is 1. The SMILES string of the molecule is O=C(Cc1csc(-c2cccs2)n1)Nc1cc(F)c(I)c(F)c1. The Bertz CT molecular complexity index is 826. The molecule has 0 saturated carbocycles. The minimum absolute atomic E-state index is 0.0527. The van der Waals surface area contributed by atoms with Crippen LogP contribution >= 0.6 is 45.3 Å². The highest BCUT2D eigenvalue weighted by Gasteiger charge is 2.13. The zero-order valence-electron chi connectivity index (χ0n) is 11.5. The summed E-state index contributed by atoms with van der Waals surface area (Å²) in [6, 6.07) is 6.10. The fourth-order valence-corrected chi connectivity index (χ4v) is 3.84. The van der Waals surface area contributed by atoms with Crippen molar-refractivity contribution in [3.8, 4) is 9.88 Å². The second-order valence-electron chi connectivity index (χ2n) is 4.60. The summed E-state index contributed by atoms with van der Waals surface area (Å²) in [7, 11) is 0. The lowest BCUT2D eigenvalue weighted by Crippen LogP contribution is -2.15. The second-order valence-corrected chi connectivity index (χ2v) is 7.48. The Labute approximate surface area is 152 Å². The molecule has 0 fully saturated rings. The topological polar surface area (TPSA) is 42.0 Å². The molecule has 1 amide bonds. The first-order chi connectivity index (χ1) is 11.0. The van der Waals surface area contributed by atoms with Gasteiger partial charge in [0.05, 0.1) is 20.6 Å². The van der Waals surface area contributed by atoms with Crippen molar-refractivity contribution < 1.29 is 13.6 Å². The number of amides is 1. The number of thiazole rings is 1. The standard InChI is InChI=1S/C15H9F2IN2OS2/c16-10-4-8(5-11(17)14(10)18)19-13(21)6-9-7-23-15(20-9)12-2-1-3-22-12/h1-5,7H,6H2,(H,19,21). The molecule has 0 aliphatic rings. The van der Waals surface area contributed by atoms with Crippen LogP contribution in [0.4, 0.5) is 14.5 Å². The molecule has 1 aromatic carbocycles. The number of thiophene rings is 1. The number of aromatic nitrogens is 1. The molecular weight excluding hydrogens is 453 g/mol. The summed E-state index contributed by atoms with van der Waals surface area (Å²) in [5, 5.41) is 7.11. The van der Waals surface area contributed by atoms with Crippen molar-refractivity contribution in [2.75, 3.05) is 5.32 Å². The molecule has 0 spiro atoms. The number of benzene rings is 1. The third-order valence-corrected chi connectivity index (χ3v) is 5.85. The Balaban J connectivity index is 1.68. The quantitative estimate of drug-likeness (QED) is 0.441. The van der Waals surface area contributed by atoms with Gasteiger partial charge < -0.3 is 5.32 Å². The summed E-state index contributed by atoms with van der Waals surface area (Å²) in [5.41, 5.74) is 0.724. The van der Waals surface area contributed by atoms with Crippen LogP contribution in [0.15, 0.2) is 35.0 Å². The second kappa shape index (κ2) is 7.02. The molecule has 0 aliphatic heterocycles. The fraction of sp³-hybridized carbons (Fsp3) is 0.0667. The largest absolute Gasteiger partial charge is 0.326 e. The predicted octanol–water partition coefficient (Wildman–Crippen LogP) is 4.94. The van der Waals surface area contributed by atoms with Crippen molar-refractivity contribution in [1.82, 2.24) is 4.98 Å². The van der Waals surface area contributed by atoms with Gasteiger partial charge in [-0.15, -0.1) is 22.7 Å². The van der Waals surface area contributed by atoms with Crippen LogP contribution in [0, 0.1) is 15.2 Å². The maximum absolute atomic E-state index is 13.5. The average Bonchev–Trinajstić information content (AvgIpc) is 3.15. The van der Waals surface area contributed by atoms with Crippen LogP contribution in [0.25, 0.3) is 9.88 Å². The van der Waals surface area contributed by atoms with Crippen LogP contribution in [-0.2, 0) is 11.2 Å². The summed E-state index contributed by atoms with van der Waals surface area (Å²) in [6.45, 7) is 0. The Kier molecular flexibility index (Phi) is 5.02. The van der Waals surface area contributed by atoms with E-state index in [1.54, 1.807) is 33.9 Å². The molecule has 1 N–H and O–H groups in total. The number of hydrogen-bond donors (Lipinski definition) is 1. The summed E-state index contributed by atoms with van der Waals surface area (Å²) in [6.07, 6.45) is 0.0527. The van der Waals surface area contributed by atoms with Gasteiger partial charge in [0.15, 0.2) is 0 Å². The van der Waals surface area contributed by atoms with Gasteiger partial charge in [-0.25, -0.2) is 13.8 Å². The van der Waals surface area contributed by atoms with E-state index >= 15 is 0 Å². The average molecular weight is 462 g/mol. The third-order valence-electron chi connectivity index (χ3n) is 2.89. The molecule has 0 bridgehead atoms. The number of halogens is 3. The van der Waals surface area contributed by atoms with E-state index in [4.69, 9.17) is 0 Å². The molecular formula is C15H9F2IN2OS2. The molecule has 2 heterocycles. The van der Waals surface area contributed by atoms with E-state index in [9.17, 15) is 13.6 Å². The first-order valence-electron chi connectivity index (χ1n) is 6.45. The third kappa shape index (κ3) is 3.93. The highest BCUT2D eigenvalue weighted by molar-refractivity contribution is 14.1. The van der Waals surface area contributed by atoms with E-state index in [2.05, 4.69) is 10.3 Å². The lowest BCUT2D eigenvalue weighted by molar-refractivity contribution is -0.115. The van der Waals surface area contributed by atoms with Crippen LogP contribution in [-0.4, -0.2) is 10.9 Å². The van der Waals surface area contributed by atoms with Gasteiger partial charge >= 0.3 is 0 Å². The van der Waals surface area contributed by atoms with Crippen LogP contribution in [0.3, 0.4) is 0 Å². The normalized spacial score (nSPS) is 10.7. The van der Waals surface area contributed by atoms with Crippen LogP contribution in [0.1, 0.15) is 5.69 Å². The molecule has 3 aromatic rings. The maximum Gasteiger partial charge on any atom is 0.230 e. The monoisotopic (exact) mass is 462 g/mol. The van der Waals surface area contributed by atoms with Gasteiger partial charge in [-0.05, 0) is 46.2 Å². The molecule has 0 atom stereocenters. The van der Waals surface area contributed by atoms with Crippen molar-refractivity contribution in [3.05, 3.63) is 55.9 Å².